The lowest BCUT2D eigenvalue weighted by Crippen LogP contribution is -2.40. The second kappa shape index (κ2) is 13.7. The van der Waals surface area contributed by atoms with Crippen molar-refractivity contribution in [1.29, 1.82) is 0 Å². The lowest BCUT2D eigenvalue weighted by molar-refractivity contribution is -0.119. The predicted octanol–water partition coefficient (Wildman–Crippen LogP) is 5.15. The molecule has 0 aromatic heterocycles. The number of halogens is 2. The highest BCUT2D eigenvalue weighted by molar-refractivity contribution is 7.92. The minimum absolute atomic E-state index is 0.0868. The van der Waals surface area contributed by atoms with Gasteiger partial charge in [-0.15, -0.1) is 0 Å². The van der Waals surface area contributed by atoms with Gasteiger partial charge in [0, 0.05) is 0 Å². The SMILES string of the molecule is Cc1ccc(S(=O)(=O)N(CC(=O)N/N=C\c2ccc(OCC(=O)Nc3ccccc3Cl)cc2)c2ccccc2F)cc1. The number of rotatable bonds is 11. The molecule has 0 heterocycles. The molecule has 9 nitrogen and oxygen atoms in total. The third-order valence-electron chi connectivity index (χ3n) is 5.82. The van der Waals surface area contributed by atoms with Crippen LogP contribution in [0.5, 0.6) is 5.75 Å². The van der Waals surface area contributed by atoms with Gasteiger partial charge in [0.15, 0.2) is 6.61 Å². The Morgan fingerprint density at radius 1 is 0.929 bits per heavy atom. The Kier molecular flexibility index (Phi) is 9.89. The van der Waals surface area contributed by atoms with Gasteiger partial charge in [-0.3, -0.25) is 13.9 Å². The summed E-state index contributed by atoms with van der Waals surface area (Å²) >= 11 is 6.03. The standard InChI is InChI=1S/C30H26ClFN4O5S/c1-21-10-16-24(17-11-21)42(39,40)36(28-9-5-3-7-26(28)32)19-29(37)35-33-18-22-12-14-23(15-13-22)41-20-30(38)34-27-8-4-2-6-25(27)31/h2-18H,19-20H2,1H3,(H,34,38)(H,35,37)/b33-18-. The Balaban J connectivity index is 1.36. The number of hydrogen-bond acceptors (Lipinski definition) is 6. The number of carbonyl (C=O) groups excluding carboxylic acids is 2. The van der Waals surface area contributed by atoms with E-state index in [0.29, 0.717) is 26.3 Å². The van der Waals surface area contributed by atoms with Crippen LogP contribution in [0.1, 0.15) is 11.1 Å². The van der Waals surface area contributed by atoms with Crippen LogP contribution in [-0.4, -0.2) is 39.6 Å². The summed E-state index contributed by atoms with van der Waals surface area (Å²) in [6.07, 6.45) is 1.34. The van der Waals surface area contributed by atoms with Crippen molar-refractivity contribution in [2.75, 3.05) is 22.8 Å². The molecule has 0 aliphatic heterocycles. The monoisotopic (exact) mass is 608 g/mol. The van der Waals surface area contributed by atoms with E-state index >= 15 is 0 Å². The molecule has 0 saturated heterocycles. The first kappa shape index (κ1) is 30.2. The van der Waals surface area contributed by atoms with Crippen molar-refractivity contribution >= 4 is 51.0 Å². The highest BCUT2D eigenvalue weighted by Gasteiger charge is 2.29. The van der Waals surface area contributed by atoms with Crippen LogP contribution in [0.25, 0.3) is 0 Å². The van der Waals surface area contributed by atoms with Crippen molar-refractivity contribution in [3.05, 3.63) is 119 Å². The van der Waals surface area contributed by atoms with Gasteiger partial charge in [-0.05, 0) is 73.2 Å². The molecule has 2 amide bonds. The van der Waals surface area contributed by atoms with Gasteiger partial charge < -0.3 is 10.1 Å². The van der Waals surface area contributed by atoms with Crippen LogP contribution >= 0.6 is 11.6 Å². The minimum Gasteiger partial charge on any atom is -0.484 e. The van der Waals surface area contributed by atoms with Gasteiger partial charge in [-0.1, -0.05) is 53.6 Å². The number of nitrogens with zero attached hydrogens (tertiary/aromatic N) is 2. The number of aryl methyl sites for hydroxylation is 1. The summed E-state index contributed by atoms with van der Waals surface area (Å²) < 4.78 is 47.5. The summed E-state index contributed by atoms with van der Waals surface area (Å²) in [5.41, 5.74) is 3.91. The Morgan fingerprint density at radius 3 is 2.29 bits per heavy atom. The van der Waals surface area contributed by atoms with Crippen LogP contribution in [0.2, 0.25) is 5.02 Å². The summed E-state index contributed by atoms with van der Waals surface area (Å²) in [5, 5.41) is 6.95. The zero-order chi connectivity index (χ0) is 30.1. The first-order valence-electron chi connectivity index (χ1n) is 12.6. The number of benzene rings is 4. The molecule has 4 rings (SSSR count). The fourth-order valence-corrected chi connectivity index (χ4v) is 5.30. The van der Waals surface area contributed by atoms with Crippen molar-refractivity contribution in [3.63, 3.8) is 0 Å². The third-order valence-corrected chi connectivity index (χ3v) is 7.92. The molecule has 216 valence electrons. The summed E-state index contributed by atoms with van der Waals surface area (Å²) in [5.74, 6) is -1.54. The second-order valence-electron chi connectivity index (χ2n) is 8.96. The van der Waals surface area contributed by atoms with Gasteiger partial charge in [0.05, 0.1) is 27.5 Å². The fourth-order valence-electron chi connectivity index (χ4n) is 3.68. The molecule has 4 aromatic rings. The summed E-state index contributed by atoms with van der Waals surface area (Å²) in [6, 6.07) is 24.7. The largest absolute Gasteiger partial charge is 0.484 e. The maximum Gasteiger partial charge on any atom is 0.264 e. The van der Waals surface area contributed by atoms with Crippen LogP contribution in [0.4, 0.5) is 15.8 Å². The number of carbonyl (C=O) groups is 2. The number of amides is 2. The lowest BCUT2D eigenvalue weighted by Gasteiger charge is -2.24. The van der Waals surface area contributed by atoms with Crippen molar-refractivity contribution in [2.45, 2.75) is 11.8 Å². The van der Waals surface area contributed by atoms with Crippen molar-refractivity contribution in [2.24, 2.45) is 5.10 Å². The zero-order valence-electron chi connectivity index (χ0n) is 22.3. The number of hydrogen-bond donors (Lipinski definition) is 2. The Bertz CT molecular complexity index is 1700. The summed E-state index contributed by atoms with van der Waals surface area (Å²) in [4.78, 5) is 24.7. The van der Waals surface area contributed by atoms with Gasteiger partial charge in [-0.2, -0.15) is 5.10 Å². The van der Waals surface area contributed by atoms with Gasteiger partial charge in [0.25, 0.3) is 21.8 Å². The highest BCUT2D eigenvalue weighted by Crippen LogP contribution is 2.26. The van der Waals surface area contributed by atoms with Crippen molar-refractivity contribution in [3.8, 4) is 5.75 Å². The molecule has 0 atom stereocenters. The third kappa shape index (κ3) is 7.93. The molecule has 0 fully saturated rings. The molecule has 2 N–H and O–H groups in total. The molecule has 0 aliphatic carbocycles. The summed E-state index contributed by atoms with van der Waals surface area (Å²) in [7, 11) is -4.27. The van der Waals surface area contributed by atoms with E-state index in [4.69, 9.17) is 16.3 Å². The van der Waals surface area contributed by atoms with Gasteiger partial charge in [0.2, 0.25) is 0 Å². The lowest BCUT2D eigenvalue weighted by atomic mass is 10.2. The fraction of sp³-hybridized carbons (Fsp3) is 0.100. The predicted molar refractivity (Wildman–Crippen MR) is 160 cm³/mol. The number of nitrogens with one attached hydrogen (secondary N) is 2. The molecule has 0 radical (unpaired) electrons. The van der Waals surface area contributed by atoms with E-state index in [1.165, 1.54) is 36.5 Å². The topological polar surface area (TPSA) is 117 Å². The molecule has 0 aliphatic rings. The van der Waals surface area contributed by atoms with Gasteiger partial charge >= 0.3 is 0 Å². The van der Waals surface area contributed by atoms with E-state index in [1.54, 1.807) is 67.6 Å². The molecule has 0 saturated carbocycles. The maximum atomic E-state index is 14.6. The highest BCUT2D eigenvalue weighted by atomic mass is 35.5. The second-order valence-corrected chi connectivity index (χ2v) is 11.2. The van der Waals surface area contributed by atoms with Crippen LogP contribution in [0.3, 0.4) is 0 Å². The average molecular weight is 609 g/mol. The number of para-hydroxylation sites is 2. The van der Waals surface area contributed by atoms with E-state index in [0.717, 1.165) is 11.6 Å². The Hall–Kier alpha value is -4.74. The minimum atomic E-state index is -4.27. The van der Waals surface area contributed by atoms with E-state index in [-0.39, 0.29) is 23.1 Å². The van der Waals surface area contributed by atoms with E-state index in [2.05, 4.69) is 15.8 Å². The van der Waals surface area contributed by atoms with Crippen LogP contribution in [0, 0.1) is 12.7 Å². The van der Waals surface area contributed by atoms with Crippen LogP contribution in [-0.2, 0) is 19.6 Å². The van der Waals surface area contributed by atoms with Crippen molar-refractivity contribution in [1.82, 2.24) is 5.43 Å². The summed E-state index contributed by atoms with van der Waals surface area (Å²) in [6.45, 7) is 0.857. The van der Waals surface area contributed by atoms with Crippen LogP contribution < -0.4 is 19.8 Å². The molecule has 12 heteroatoms. The molecule has 4 aromatic carbocycles. The Labute approximate surface area is 247 Å². The first-order valence-corrected chi connectivity index (χ1v) is 14.4. The zero-order valence-corrected chi connectivity index (χ0v) is 23.9. The quantitative estimate of drug-likeness (QED) is 0.180. The molecule has 0 spiro atoms. The Morgan fingerprint density at radius 2 is 1.60 bits per heavy atom. The van der Waals surface area contributed by atoms with Gasteiger partial charge in [0.1, 0.15) is 18.1 Å². The number of hydrazone groups is 1. The normalized spacial score (nSPS) is 11.2. The van der Waals surface area contributed by atoms with Gasteiger partial charge in [-0.25, -0.2) is 18.2 Å². The smallest absolute Gasteiger partial charge is 0.264 e. The molecular formula is C30H26ClFN4O5S. The number of anilines is 2. The van der Waals surface area contributed by atoms with Crippen molar-refractivity contribution < 1.29 is 27.1 Å². The molecule has 0 unspecified atom stereocenters. The molecular weight excluding hydrogens is 583 g/mol. The molecule has 42 heavy (non-hydrogen) atoms. The number of sulfonamides is 1. The van der Waals surface area contributed by atoms with Crippen LogP contribution in [0.15, 0.2) is 107 Å². The van der Waals surface area contributed by atoms with E-state index in [9.17, 15) is 22.4 Å². The number of ether oxygens (including phenoxy) is 1. The van der Waals surface area contributed by atoms with E-state index < -0.39 is 28.3 Å². The average Bonchev–Trinajstić information content (AvgIpc) is 2.97. The van der Waals surface area contributed by atoms with E-state index in [1.807, 2.05) is 0 Å². The first-order chi connectivity index (χ1) is 20.1. The maximum absolute atomic E-state index is 14.6. The molecule has 0 bridgehead atoms.